The Morgan fingerprint density at radius 3 is 2.43 bits per heavy atom. The summed E-state index contributed by atoms with van der Waals surface area (Å²) in [6.07, 6.45) is 15.9. The van der Waals surface area contributed by atoms with Gasteiger partial charge in [0.15, 0.2) is 0 Å². The van der Waals surface area contributed by atoms with Crippen LogP contribution in [0.5, 0.6) is 0 Å². The molecule has 4 rings (SSSR count). The van der Waals surface area contributed by atoms with Crippen LogP contribution in [-0.2, 0) is 0 Å². The number of aliphatic hydroxyl groups excluding tert-OH is 1. The first-order chi connectivity index (χ1) is 14.2. The Bertz CT molecular complexity index is 647. The summed E-state index contributed by atoms with van der Waals surface area (Å²) in [6, 6.07) is 0. The second-order valence-corrected chi connectivity index (χ2v) is 12.8. The second-order valence-electron chi connectivity index (χ2n) is 12.8. The molecule has 1 heteroatoms. The maximum atomic E-state index is 10.3. The van der Waals surface area contributed by atoms with Gasteiger partial charge in [-0.3, -0.25) is 0 Å². The molecule has 1 nitrogen and oxygen atoms in total. The van der Waals surface area contributed by atoms with Crippen LogP contribution in [0.15, 0.2) is 11.1 Å². The van der Waals surface area contributed by atoms with E-state index >= 15 is 0 Å². The van der Waals surface area contributed by atoms with Crippen molar-refractivity contribution in [1.29, 1.82) is 0 Å². The largest absolute Gasteiger partial charge is 0.393 e. The van der Waals surface area contributed by atoms with Gasteiger partial charge in [-0.15, -0.1) is 0 Å². The Balaban J connectivity index is 1.52. The minimum Gasteiger partial charge on any atom is -0.393 e. The van der Waals surface area contributed by atoms with Gasteiger partial charge in [-0.05, 0) is 111 Å². The van der Waals surface area contributed by atoms with Crippen molar-refractivity contribution in [2.75, 3.05) is 0 Å². The van der Waals surface area contributed by atoms with Gasteiger partial charge in [-0.1, -0.05) is 65.5 Å². The molecule has 0 saturated heterocycles. The van der Waals surface area contributed by atoms with Gasteiger partial charge >= 0.3 is 0 Å². The molecule has 8 atom stereocenters. The van der Waals surface area contributed by atoms with Crippen molar-refractivity contribution in [1.82, 2.24) is 0 Å². The maximum absolute atomic E-state index is 10.3. The van der Waals surface area contributed by atoms with Gasteiger partial charge in [0.05, 0.1) is 6.10 Å². The van der Waals surface area contributed by atoms with Crippen molar-refractivity contribution in [2.24, 2.45) is 46.3 Å². The molecule has 3 saturated carbocycles. The fourth-order valence-electron chi connectivity index (χ4n) is 9.11. The maximum Gasteiger partial charge on any atom is 0.0543 e. The van der Waals surface area contributed by atoms with Crippen molar-refractivity contribution >= 4 is 0 Å². The van der Waals surface area contributed by atoms with E-state index in [2.05, 4.69) is 41.5 Å². The fourth-order valence-corrected chi connectivity index (χ4v) is 9.11. The van der Waals surface area contributed by atoms with Gasteiger partial charge in [-0.25, -0.2) is 0 Å². The summed E-state index contributed by atoms with van der Waals surface area (Å²) in [6.45, 7) is 15.1. The highest BCUT2D eigenvalue weighted by molar-refractivity contribution is 5.34. The monoisotopic (exact) mass is 414 g/mol. The zero-order valence-corrected chi connectivity index (χ0v) is 21.0. The second kappa shape index (κ2) is 8.57. The summed E-state index contributed by atoms with van der Waals surface area (Å²) < 4.78 is 0. The lowest BCUT2D eigenvalue weighted by Gasteiger charge is -2.56. The Hall–Kier alpha value is -0.300. The summed E-state index contributed by atoms with van der Waals surface area (Å²) in [7, 11) is 0. The lowest BCUT2D eigenvalue weighted by molar-refractivity contribution is -0.0381. The third-order valence-electron chi connectivity index (χ3n) is 11.2. The molecule has 0 heterocycles. The minimum absolute atomic E-state index is 0.0272. The Kier molecular flexibility index (Phi) is 6.53. The molecule has 0 radical (unpaired) electrons. The highest BCUT2D eigenvalue weighted by atomic mass is 16.3. The number of hydrogen-bond donors (Lipinski definition) is 1. The van der Waals surface area contributed by atoms with Crippen molar-refractivity contribution in [3.63, 3.8) is 0 Å². The smallest absolute Gasteiger partial charge is 0.0543 e. The normalized spacial score (nSPS) is 43.2. The molecule has 30 heavy (non-hydrogen) atoms. The molecule has 0 amide bonds. The van der Waals surface area contributed by atoms with Crippen LogP contribution in [0, 0.1) is 46.3 Å². The third kappa shape index (κ3) is 3.74. The van der Waals surface area contributed by atoms with Crippen molar-refractivity contribution in [2.45, 2.75) is 125 Å². The summed E-state index contributed by atoms with van der Waals surface area (Å²) >= 11 is 0. The summed E-state index contributed by atoms with van der Waals surface area (Å²) in [5, 5.41) is 10.3. The van der Waals surface area contributed by atoms with E-state index in [0.717, 1.165) is 48.3 Å². The SMILES string of the molecule is CCC(CC[C@@H](C)[C@H]1CCC2=C3CCC4CC(O)CC[C@]4(C)[C@H]3CC[C@@]21C)C(C)C. The Morgan fingerprint density at radius 1 is 0.967 bits per heavy atom. The fraction of sp³-hybridized carbons (Fsp3) is 0.931. The zero-order valence-electron chi connectivity index (χ0n) is 21.0. The molecule has 0 aromatic carbocycles. The summed E-state index contributed by atoms with van der Waals surface area (Å²) in [5.41, 5.74) is 4.80. The molecule has 0 aromatic rings. The van der Waals surface area contributed by atoms with Gasteiger partial charge < -0.3 is 5.11 Å². The van der Waals surface area contributed by atoms with E-state index in [-0.39, 0.29) is 6.10 Å². The Labute approximate surface area is 187 Å². The predicted octanol–water partition coefficient (Wildman–Crippen LogP) is 8.17. The standard InChI is InChI=1S/C29H50O/c1-7-21(19(2)3)9-8-20(4)25-12-13-26-24-11-10-22-18-23(30)14-16-28(22,5)27(24)15-17-29(25,26)6/h19-23,25,27,30H,7-18H2,1-6H3/t20-,21?,22?,23?,25-,27+,28+,29-/m1/s1. The van der Waals surface area contributed by atoms with Crippen LogP contribution < -0.4 is 0 Å². The number of rotatable bonds is 6. The van der Waals surface area contributed by atoms with E-state index in [1.807, 2.05) is 11.1 Å². The van der Waals surface area contributed by atoms with E-state index in [0.29, 0.717) is 10.8 Å². The van der Waals surface area contributed by atoms with Crippen LogP contribution in [0.4, 0.5) is 0 Å². The topological polar surface area (TPSA) is 20.2 Å². The lowest BCUT2D eigenvalue weighted by Crippen LogP contribution is -2.48. The summed E-state index contributed by atoms with van der Waals surface area (Å²) in [4.78, 5) is 0. The molecular formula is C29H50O. The van der Waals surface area contributed by atoms with Gasteiger partial charge in [0.1, 0.15) is 0 Å². The van der Waals surface area contributed by atoms with Crippen LogP contribution in [-0.4, -0.2) is 11.2 Å². The highest BCUT2D eigenvalue weighted by Crippen LogP contribution is 2.65. The van der Waals surface area contributed by atoms with Crippen LogP contribution in [0.3, 0.4) is 0 Å². The van der Waals surface area contributed by atoms with Crippen LogP contribution in [0.25, 0.3) is 0 Å². The molecule has 3 fully saturated rings. The quantitative estimate of drug-likeness (QED) is 0.434. The average Bonchev–Trinajstić information content (AvgIpc) is 3.06. The third-order valence-corrected chi connectivity index (χ3v) is 11.2. The minimum atomic E-state index is -0.0272. The summed E-state index contributed by atoms with van der Waals surface area (Å²) in [5.74, 6) is 5.11. The molecule has 0 bridgehead atoms. The Morgan fingerprint density at radius 2 is 1.73 bits per heavy atom. The van der Waals surface area contributed by atoms with Gasteiger partial charge in [0.25, 0.3) is 0 Å². The molecule has 172 valence electrons. The molecule has 4 aliphatic rings. The molecule has 0 aliphatic heterocycles. The van der Waals surface area contributed by atoms with E-state index < -0.39 is 0 Å². The van der Waals surface area contributed by atoms with Crippen molar-refractivity contribution < 1.29 is 5.11 Å². The molecule has 3 unspecified atom stereocenters. The highest BCUT2D eigenvalue weighted by Gasteiger charge is 2.55. The lowest BCUT2D eigenvalue weighted by atomic mass is 9.49. The number of aliphatic hydroxyl groups is 1. The average molecular weight is 415 g/mol. The molecule has 0 spiro atoms. The number of allylic oxidation sites excluding steroid dienone is 2. The van der Waals surface area contributed by atoms with Crippen molar-refractivity contribution in [3.05, 3.63) is 11.1 Å². The molecule has 0 aromatic heterocycles. The first-order valence-electron chi connectivity index (χ1n) is 13.6. The molecule has 4 aliphatic carbocycles. The zero-order chi connectivity index (χ0) is 21.7. The number of hydrogen-bond acceptors (Lipinski definition) is 1. The van der Waals surface area contributed by atoms with E-state index in [1.165, 1.54) is 64.2 Å². The first kappa shape index (κ1) is 22.9. The first-order valence-corrected chi connectivity index (χ1v) is 13.6. The predicted molar refractivity (Wildman–Crippen MR) is 128 cm³/mol. The van der Waals surface area contributed by atoms with Crippen molar-refractivity contribution in [3.8, 4) is 0 Å². The van der Waals surface area contributed by atoms with Crippen LogP contribution >= 0.6 is 0 Å². The van der Waals surface area contributed by atoms with Gasteiger partial charge in [0.2, 0.25) is 0 Å². The van der Waals surface area contributed by atoms with Crippen LogP contribution in [0.1, 0.15) is 119 Å². The van der Waals surface area contributed by atoms with Gasteiger partial charge in [0, 0.05) is 0 Å². The van der Waals surface area contributed by atoms with E-state index in [1.54, 1.807) is 0 Å². The van der Waals surface area contributed by atoms with Gasteiger partial charge in [-0.2, -0.15) is 0 Å². The van der Waals surface area contributed by atoms with E-state index in [9.17, 15) is 5.11 Å². The molecule has 1 N–H and O–H groups in total. The van der Waals surface area contributed by atoms with Crippen LogP contribution in [0.2, 0.25) is 0 Å². The molecular weight excluding hydrogens is 364 g/mol. The number of fused-ring (bicyclic) bond motifs is 4. The van der Waals surface area contributed by atoms with E-state index in [4.69, 9.17) is 0 Å².